The molecule has 0 radical (unpaired) electrons. The molecule has 0 spiro atoms. The summed E-state index contributed by atoms with van der Waals surface area (Å²) >= 11 is 3.46. The summed E-state index contributed by atoms with van der Waals surface area (Å²) in [6, 6.07) is 8.09. The molecule has 0 aliphatic carbocycles. The lowest BCUT2D eigenvalue weighted by atomic mass is 10.2. The zero-order valence-corrected chi connectivity index (χ0v) is 12.2. The van der Waals surface area contributed by atoms with Crippen LogP contribution in [0.5, 0.6) is 0 Å². The van der Waals surface area contributed by atoms with Gasteiger partial charge < -0.3 is 5.73 Å². The van der Waals surface area contributed by atoms with Crippen LogP contribution in [0.1, 0.15) is 5.56 Å². The van der Waals surface area contributed by atoms with Gasteiger partial charge in [-0.05, 0) is 17.7 Å². The van der Waals surface area contributed by atoms with E-state index < -0.39 is 0 Å². The minimum absolute atomic E-state index is 0.598. The Hall–Kier alpha value is -2.21. The Labute approximate surface area is 124 Å². The van der Waals surface area contributed by atoms with Gasteiger partial charge in [-0.1, -0.05) is 28.1 Å². The molecule has 0 unspecified atom stereocenters. The topological polar surface area (TPSA) is 69.6 Å². The molecule has 20 heavy (non-hydrogen) atoms. The maximum atomic E-state index is 6.00. The van der Waals surface area contributed by atoms with E-state index in [0.717, 1.165) is 10.0 Å². The van der Waals surface area contributed by atoms with E-state index in [9.17, 15) is 0 Å². The van der Waals surface area contributed by atoms with Gasteiger partial charge in [0.1, 0.15) is 11.4 Å². The number of hydrogen-bond acceptors (Lipinski definition) is 4. The number of nitrogens with two attached hydrogens (primary N) is 1. The van der Waals surface area contributed by atoms with Crippen LogP contribution in [0.25, 0.3) is 11.4 Å². The van der Waals surface area contributed by atoms with Gasteiger partial charge in [-0.3, -0.25) is 14.6 Å². The molecule has 0 saturated carbocycles. The van der Waals surface area contributed by atoms with Crippen molar-refractivity contribution < 1.29 is 0 Å². The predicted octanol–water partition coefficient (Wildman–Crippen LogP) is 2.73. The molecule has 6 heteroatoms. The Balaban J connectivity index is 1.90. The average molecular weight is 330 g/mol. The molecule has 2 aromatic heterocycles. The van der Waals surface area contributed by atoms with Crippen LogP contribution in [0, 0.1) is 0 Å². The Morgan fingerprint density at radius 2 is 2.15 bits per heavy atom. The summed E-state index contributed by atoms with van der Waals surface area (Å²) in [6.45, 7) is 0.657. The van der Waals surface area contributed by atoms with Crippen molar-refractivity contribution in [2.75, 3.05) is 5.73 Å². The number of nitrogen functional groups attached to an aromatic ring is 1. The van der Waals surface area contributed by atoms with E-state index in [-0.39, 0.29) is 0 Å². The van der Waals surface area contributed by atoms with E-state index in [1.807, 2.05) is 24.4 Å². The molecule has 0 bridgehead atoms. The molecule has 0 aliphatic heterocycles. The van der Waals surface area contributed by atoms with Crippen LogP contribution in [-0.4, -0.2) is 19.7 Å². The summed E-state index contributed by atoms with van der Waals surface area (Å²) in [4.78, 5) is 8.25. The molecular weight excluding hydrogens is 318 g/mol. The van der Waals surface area contributed by atoms with Crippen LogP contribution in [0.3, 0.4) is 0 Å². The first-order valence-corrected chi connectivity index (χ1v) is 6.85. The van der Waals surface area contributed by atoms with E-state index in [1.54, 1.807) is 23.3 Å². The van der Waals surface area contributed by atoms with Crippen LogP contribution < -0.4 is 5.73 Å². The maximum Gasteiger partial charge on any atom is 0.135 e. The molecule has 0 atom stereocenters. The highest BCUT2D eigenvalue weighted by Gasteiger charge is 2.10. The molecule has 1 aromatic carbocycles. The number of nitrogens with zero attached hydrogens (tertiary/aromatic N) is 4. The van der Waals surface area contributed by atoms with Crippen LogP contribution in [0.4, 0.5) is 5.69 Å². The first-order chi connectivity index (χ1) is 9.72. The second kappa shape index (κ2) is 5.42. The number of anilines is 1. The summed E-state index contributed by atoms with van der Waals surface area (Å²) in [5, 5.41) is 4.48. The third kappa shape index (κ3) is 2.70. The molecule has 5 nitrogen and oxygen atoms in total. The third-order valence-corrected chi connectivity index (χ3v) is 3.32. The van der Waals surface area contributed by atoms with E-state index >= 15 is 0 Å². The number of hydrogen-bond donors (Lipinski definition) is 1. The van der Waals surface area contributed by atoms with Gasteiger partial charge in [0.05, 0.1) is 18.4 Å². The van der Waals surface area contributed by atoms with Gasteiger partial charge in [0.2, 0.25) is 0 Å². The van der Waals surface area contributed by atoms with Gasteiger partial charge in [0.15, 0.2) is 0 Å². The largest absolute Gasteiger partial charge is 0.396 e. The fourth-order valence-corrected chi connectivity index (χ4v) is 2.41. The van der Waals surface area contributed by atoms with Crippen LogP contribution in [0.15, 0.2) is 53.5 Å². The zero-order valence-electron chi connectivity index (χ0n) is 10.6. The summed E-state index contributed by atoms with van der Waals surface area (Å²) in [5.74, 6) is 0. The Bertz CT molecular complexity index is 723. The van der Waals surface area contributed by atoms with Gasteiger partial charge in [0, 0.05) is 23.1 Å². The number of aromatic nitrogens is 4. The summed E-state index contributed by atoms with van der Waals surface area (Å²) in [7, 11) is 0. The Kier molecular flexibility index (Phi) is 3.47. The molecule has 100 valence electrons. The summed E-state index contributed by atoms with van der Waals surface area (Å²) in [6.07, 6.45) is 6.72. The SMILES string of the molecule is Nc1cn(Cc2cccc(Br)c2)nc1-c1cnccn1. The summed E-state index contributed by atoms with van der Waals surface area (Å²) in [5.41, 5.74) is 9.08. The van der Waals surface area contributed by atoms with Gasteiger partial charge in [-0.2, -0.15) is 5.10 Å². The van der Waals surface area contributed by atoms with E-state index in [2.05, 4.69) is 37.1 Å². The minimum atomic E-state index is 0.598. The summed E-state index contributed by atoms with van der Waals surface area (Å²) < 4.78 is 2.85. The standard InChI is InChI=1S/C14H12BrN5/c15-11-3-1-2-10(6-11)8-20-9-12(16)14(19-20)13-7-17-4-5-18-13/h1-7,9H,8,16H2. The smallest absolute Gasteiger partial charge is 0.135 e. The first-order valence-electron chi connectivity index (χ1n) is 6.06. The van der Waals surface area contributed by atoms with Gasteiger partial charge in [0.25, 0.3) is 0 Å². The fourth-order valence-electron chi connectivity index (χ4n) is 1.96. The van der Waals surface area contributed by atoms with Crippen molar-refractivity contribution in [3.63, 3.8) is 0 Å². The molecule has 3 aromatic rings. The molecule has 0 aliphatic rings. The van der Waals surface area contributed by atoms with Gasteiger partial charge >= 0.3 is 0 Å². The second-order valence-electron chi connectivity index (χ2n) is 4.35. The van der Waals surface area contributed by atoms with Gasteiger partial charge in [-0.15, -0.1) is 0 Å². The zero-order chi connectivity index (χ0) is 13.9. The molecule has 2 N–H and O–H groups in total. The lowest BCUT2D eigenvalue weighted by Crippen LogP contribution is -2.00. The Morgan fingerprint density at radius 1 is 1.25 bits per heavy atom. The van der Waals surface area contributed by atoms with Crippen molar-refractivity contribution in [1.82, 2.24) is 19.7 Å². The molecule has 0 amide bonds. The van der Waals surface area contributed by atoms with Crippen molar-refractivity contribution in [2.24, 2.45) is 0 Å². The molecule has 2 heterocycles. The lowest BCUT2D eigenvalue weighted by Gasteiger charge is -2.02. The minimum Gasteiger partial charge on any atom is -0.396 e. The molecular formula is C14H12BrN5. The predicted molar refractivity (Wildman–Crippen MR) is 80.9 cm³/mol. The highest BCUT2D eigenvalue weighted by Crippen LogP contribution is 2.21. The van der Waals surface area contributed by atoms with Crippen LogP contribution in [0.2, 0.25) is 0 Å². The lowest BCUT2D eigenvalue weighted by molar-refractivity contribution is 0.688. The monoisotopic (exact) mass is 329 g/mol. The highest BCUT2D eigenvalue weighted by molar-refractivity contribution is 9.10. The molecule has 0 fully saturated rings. The molecule has 0 saturated heterocycles. The van der Waals surface area contributed by atoms with E-state index in [1.165, 1.54) is 0 Å². The number of rotatable bonds is 3. The van der Waals surface area contributed by atoms with E-state index in [4.69, 9.17) is 5.73 Å². The van der Waals surface area contributed by atoms with Crippen LogP contribution in [-0.2, 0) is 6.54 Å². The fraction of sp³-hybridized carbons (Fsp3) is 0.0714. The normalized spacial score (nSPS) is 10.7. The Morgan fingerprint density at radius 3 is 2.90 bits per heavy atom. The quantitative estimate of drug-likeness (QED) is 0.802. The second-order valence-corrected chi connectivity index (χ2v) is 5.27. The maximum absolute atomic E-state index is 6.00. The van der Waals surface area contributed by atoms with Crippen molar-refractivity contribution in [2.45, 2.75) is 6.54 Å². The van der Waals surface area contributed by atoms with Gasteiger partial charge in [-0.25, -0.2) is 0 Å². The van der Waals surface area contributed by atoms with Crippen LogP contribution >= 0.6 is 15.9 Å². The van der Waals surface area contributed by atoms with Crippen molar-refractivity contribution in [1.29, 1.82) is 0 Å². The molecule has 3 rings (SSSR count). The van der Waals surface area contributed by atoms with Crippen molar-refractivity contribution in [3.8, 4) is 11.4 Å². The van der Waals surface area contributed by atoms with Crippen molar-refractivity contribution >= 4 is 21.6 Å². The average Bonchev–Trinajstić information content (AvgIpc) is 2.80. The number of benzene rings is 1. The number of halogens is 1. The third-order valence-electron chi connectivity index (χ3n) is 2.83. The highest BCUT2D eigenvalue weighted by atomic mass is 79.9. The van der Waals surface area contributed by atoms with Crippen molar-refractivity contribution in [3.05, 3.63) is 59.1 Å². The first kappa shape index (κ1) is 12.8. The van der Waals surface area contributed by atoms with E-state index in [0.29, 0.717) is 23.6 Å².